The third kappa shape index (κ3) is 4.08. The normalized spacial score (nSPS) is 17.8. The quantitative estimate of drug-likeness (QED) is 0.352. The Bertz CT molecular complexity index is 1270. The maximum Gasteiger partial charge on any atom is 0.155 e. The fourth-order valence-corrected chi connectivity index (χ4v) is 6.35. The average molecular weight is 477 g/mol. The van der Waals surface area contributed by atoms with Crippen LogP contribution >= 0.6 is 23.4 Å². The van der Waals surface area contributed by atoms with Gasteiger partial charge in [-0.3, -0.25) is 4.98 Å². The summed E-state index contributed by atoms with van der Waals surface area (Å²) in [5.74, 6) is 0.977. The van der Waals surface area contributed by atoms with Crippen molar-refractivity contribution in [2.75, 3.05) is 18.0 Å². The molecule has 168 valence electrons. The Balaban J connectivity index is 1.18. The van der Waals surface area contributed by atoms with Gasteiger partial charge in [0.05, 0.1) is 29.3 Å². The van der Waals surface area contributed by atoms with Crippen LogP contribution in [0.2, 0.25) is 5.02 Å². The summed E-state index contributed by atoms with van der Waals surface area (Å²) < 4.78 is 1.94. The lowest BCUT2D eigenvalue weighted by molar-refractivity contribution is 0.226. The van der Waals surface area contributed by atoms with E-state index in [1.165, 1.54) is 50.3 Å². The van der Waals surface area contributed by atoms with Crippen LogP contribution in [0.4, 0.5) is 5.82 Å². The fourth-order valence-electron chi connectivity index (χ4n) is 5.23. The minimum Gasteiger partial charge on any atom is -0.355 e. The van der Waals surface area contributed by atoms with Crippen molar-refractivity contribution in [2.45, 2.75) is 48.4 Å². The second-order valence-corrected chi connectivity index (χ2v) is 10.5. The van der Waals surface area contributed by atoms with Crippen molar-refractivity contribution < 1.29 is 0 Å². The van der Waals surface area contributed by atoms with E-state index >= 15 is 0 Å². The number of imidazole rings is 1. The molecule has 1 saturated carbocycles. The topological polar surface area (TPSA) is 59.2 Å². The van der Waals surface area contributed by atoms with Crippen LogP contribution in [-0.2, 0) is 0 Å². The Labute approximate surface area is 202 Å². The number of nitrogens with zero attached hydrogens (tertiary/aromatic N) is 6. The van der Waals surface area contributed by atoms with Gasteiger partial charge < -0.3 is 9.30 Å². The number of anilines is 1. The lowest BCUT2D eigenvalue weighted by Crippen LogP contribution is -2.39. The molecule has 0 radical (unpaired) electrons. The Hall–Kier alpha value is -2.64. The molecule has 3 aromatic heterocycles. The molecule has 1 aromatic carbocycles. The summed E-state index contributed by atoms with van der Waals surface area (Å²) in [6, 6.07) is 5.99. The molecule has 0 N–H and O–H groups in total. The molecule has 0 bridgehead atoms. The van der Waals surface area contributed by atoms with E-state index < -0.39 is 0 Å². The van der Waals surface area contributed by atoms with E-state index in [9.17, 15) is 0 Å². The third-order valence-corrected chi connectivity index (χ3v) is 8.66. The molecule has 6 rings (SSSR count). The average Bonchev–Trinajstić information content (AvgIpc) is 3.51. The number of hydrogen-bond donors (Lipinski definition) is 0. The summed E-state index contributed by atoms with van der Waals surface area (Å²) in [4.78, 5) is 21.5. The van der Waals surface area contributed by atoms with Gasteiger partial charge in [-0.05, 0) is 37.2 Å². The van der Waals surface area contributed by atoms with Crippen molar-refractivity contribution in [3.8, 4) is 11.3 Å². The lowest BCUT2D eigenvalue weighted by Gasteiger charge is -2.39. The zero-order chi connectivity index (χ0) is 22.3. The largest absolute Gasteiger partial charge is 0.355 e. The number of fused-ring (bicyclic) bond motifs is 1. The highest BCUT2D eigenvalue weighted by molar-refractivity contribution is 7.99. The van der Waals surface area contributed by atoms with Gasteiger partial charge in [-0.25, -0.2) is 15.0 Å². The molecule has 0 atom stereocenters. The second-order valence-electron chi connectivity index (χ2n) is 9.09. The fraction of sp³-hybridized carbons (Fsp3) is 0.360. The van der Waals surface area contributed by atoms with Crippen LogP contribution in [0.15, 0.2) is 65.3 Å². The number of halogens is 1. The van der Waals surface area contributed by atoms with Crippen molar-refractivity contribution in [1.82, 2.24) is 24.3 Å². The molecule has 2 aliphatic rings. The SMILES string of the molecule is Clc1c(Sc2cnc(N3CCC4(CCCC4)CC3)cn2)cccc1-c1cn2ccnc2cn1. The molecule has 1 aliphatic carbocycles. The summed E-state index contributed by atoms with van der Waals surface area (Å²) in [6.45, 7) is 2.17. The number of benzene rings is 1. The molecule has 4 heterocycles. The first-order chi connectivity index (χ1) is 16.2. The zero-order valence-electron chi connectivity index (χ0n) is 18.3. The number of aromatic nitrogens is 5. The molecule has 0 unspecified atom stereocenters. The van der Waals surface area contributed by atoms with E-state index in [0.717, 1.165) is 45.7 Å². The molecule has 8 heteroatoms. The molecule has 6 nitrogen and oxygen atoms in total. The van der Waals surface area contributed by atoms with Gasteiger partial charge in [-0.15, -0.1) is 0 Å². The van der Waals surface area contributed by atoms with Crippen molar-refractivity contribution in [1.29, 1.82) is 0 Å². The van der Waals surface area contributed by atoms with Crippen molar-refractivity contribution in [3.63, 3.8) is 0 Å². The number of hydrogen-bond acceptors (Lipinski definition) is 6. The van der Waals surface area contributed by atoms with Gasteiger partial charge in [0, 0.05) is 42.1 Å². The molecule has 4 aromatic rings. The third-order valence-electron chi connectivity index (χ3n) is 7.16. The predicted molar refractivity (Wildman–Crippen MR) is 132 cm³/mol. The smallest absolute Gasteiger partial charge is 0.155 e. The van der Waals surface area contributed by atoms with Gasteiger partial charge in [-0.2, -0.15) is 0 Å². The van der Waals surface area contributed by atoms with Gasteiger partial charge in [0.15, 0.2) is 5.65 Å². The van der Waals surface area contributed by atoms with Crippen molar-refractivity contribution in [2.24, 2.45) is 5.41 Å². The summed E-state index contributed by atoms with van der Waals surface area (Å²) in [6.07, 6.45) is 19.3. The Morgan fingerprint density at radius 3 is 2.55 bits per heavy atom. The molecule has 2 fully saturated rings. The maximum atomic E-state index is 6.79. The molecule has 0 amide bonds. The maximum absolute atomic E-state index is 6.79. The molecular formula is C25H25ClN6S. The van der Waals surface area contributed by atoms with Crippen LogP contribution in [0.3, 0.4) is 0 Å². The highest BCUT2D eigenvalue weighted by Gasteiger charge is 2.37. The van der Waals surface area contributed by atoms with E-state index in [4.69, 9.17) is 16.6 Å². The van der Waals surface area contributed by atoms with Crippen LogP contribution in [0.5, 0.6) is 0 Å². The van der Waals surface area contributed by atoms with Gasteiger partial charge in [0.25, 0.3) is 0 Å². The first kappa shape index (κ1) is 20.9. The van der Waals surface area contributed by atoms with E-state index in [0.29, 0.717) is 10.4 Å². The van der Waals surface area contributed by atoms with Crippen molar-refractivity contribution >= 4 is 34.8 Å². The lowest BCUT2D eigenvalue weighted by atomic mass is 9.77. The summed E-state index contributed by atoms with van der Waals surface area (Å²) in [7, 11) is 0. The highest BCUT2D eigenvalue weighted by atomic mass is 35.5. The van der Waals surface area contributed by atoms with E-state index in [1.807, 2.05) is 47.4 Å². The molecule has 1 aliphatic heterocycles. The Kier molecular flexibility index (Phi) is 5.46. The highest BCUT2D eigenvalue weighted by Crippen LogP contribution is 2.46. The Morgan fingerprint density at radius 1 is 0.909 bits per heavy atom. The van der Waals surface area contributed by atoms with Crippen molar-refractivity contribution in [3.05, 3.63) is 60.4 Å². The summed E-state index contributed by atoms with van der Waals surface area (Å²) in [5.41, 5.74) is 3.11. The first-order valence-electron chi connectivity index (χ1n) is 11.5. The van der Waals surface area contributed by atoms with Crippen LogP contribution in [0, 0.1) is 5.41 Å². The van der Waals surface area contributed by atoms with Crippen LogP contribution in [0.25, 0.3) is 16.9 Å². The van der Waals surface area contributed by atoms with Gasteiger partial charge in [0.1, 0.15) is 10.8 Å². The predicted octanol–water partition coefficient (Wildman–Crippen LogP) is 6.15. The number of rotatable bonds is 4. The zero-order valence-corrected chi connectivity index (χ0v) is 19.9. The van der Waals surface area contributed by atoms with Crippen LogP contribution in [0.1, 0.15) is 38.5 Å². The standard InChI is InChI=1S/C25H25ClN6S/c26-24-18(19-17-32-13-10-27-21(32)14-28-19)4-3-5-20(24)33-23-16-29-22(15-30-23)31-11-8-25(9-12-31)6-1-2-7-25/h3-5,10,13-17H,1-2,6-9,11-12H2. The molecule has 1 spiro atoms. The minimum absolute atomic E-state index is 0.610. The number of piperidine rings is 1. The minimum atomic E-state index is 0.610. The summed E-state index contributed by atoms with van der Waals surface area (Å²) in [5, 5.41) is 1.50. The molecule has 1 saturated heterocycles. The first-order valence-corrected chi connectivity index (χ1v) is 12.7. The van der Waals surface area contributed by atoms with Crippen LogP contribution < -0.4 is 4.90 Å². The van der Waals surface area contributed by atoms with E-state index in [1.54, 1.807) is 12.4 Å². The second kappa shape index (κ2) is 8.61. The van der Waals surface area contributed by atoms with Gasteiger partial charge >= 0.3 is 0 Å². The van der Waals surface area contributed by atoms with Gasteiger partial charge in [0.2, 0.25) is 0 Å². The molecular weight excluding hydrogens is 452 g/mol. The van der Waals surface area contributed by atoms with Gasteiger partial charge in [-0.1, -0.05) is 48.3 Å². The monoisotopic (exact) mass is 476 g/mol. The Morgan fingerprint density at radius 2 is 1.76 bits per heavy atom. The summed E-state index contributed by atoms with van der Waals surface area (Å²) >= 11 is 8.32. The van der Waals surface area contributed by atoms with Crippen LogP contribution in [-0.4, -0.2) is 37.4 Å². The van der Waals surface area contributed by atoms with E-state index in [-0.39, 0.29) is 0 Å². The molecule has 33 heavy (non-hydrogen) atoms. The van der Waals surface area contributed by atoms with E-state index in [2.05, 4.69) is 19.9 Å².